The van der Waals surface area contributed by atoms with Crippen LogP contribution >= 0.6 is 0 Å². The van der Waals surface area contributed by atoms with Gasteiger partial charge in [-0.05, 0) is 93.0 Å². The van der Waals surface area contributed by atoms with E-state index >= 15 is 0 Å². The lowest BCUT2D eigenvalue weighted by atomic mass is 9.86. The Balaban J connectivity index is 1.37. The summed E-state index contributed by atoms with van der Waals surface area (Å²) in [6, 6.07) is 35.5. The predicted molar refractivity (Wildman–Crippen MR) is 163 cm³/mol. The maximum absolute atomic E-state index is 13.8. The lowest BCUT2D eigenvalue weighted by molar-refractivity contribution is 1.00. The van der Waals surface area contributed by atoms with Crippen molar-refractivity contribution in [2.24, 2.45) is 0 Å². The number of rotatable bonds is 2. The third-order valence-electron chi connectivity index (χ3n) is 8.10. The molecule has 0 unspecified atom stereocenters. The number of para-hydroxylation sites is 1. The van der Waals surface area contributed by atoms with Gasteiger partial charge in [-0.15, -0.1) is 0 Å². The van der Waals surface area contributed by atoms with E-state index in [1.165, 1.54) is 32.7 Å². The number of pyridine rings is 2. The molecule has 3 nitrogen and oxygen atoms in total. The predicted octanol–water partition coefficient (Wildman–Crippen LogP) is 8.47. The number of nitrogens with zero attached hydrogens (tertiary/aromatic N) is 2. The van der Waals surface area contributed by atoms with Crippen LogP contribution in [-0.4, -0.2) is 9.55 Å². The minimum absolute atomic E-state index is 0.0585. The molecule has 5 aromatic carbocycles. The normalized spacial score (nSPS) is 12.9. The third kappa shape index (κ3) is 3.30. The molecule has 39 heavy (non-hydrogen) atoms. The van der Waals surface area contributed by atoms with Gasteiger partial charge in [0.1, 0.15) is 0 Å². The zero-order chi connectivity index (χ0) is 25.9. The molecule has 3 heteroatoms. The molecule has 0 bridgehead atoms. The fourth-order valence-corrected chi connectivity index (χ4v) is 6.33. The molecule has 0 aliphatic heterocycles. The maximum Gasteiger partial charge on any atom is 0.265 e. The fraction of sp³-hybridized carbons (Fsp3) is 0.0556. The van der Waals surface area contributed by atoms with Gasteiger partial charge in [-0.2, -0.15) is 0 Å². The van der Waals surface area contributed by atoms with Crippen molar-refractivity contribution in [3.63, 3.8) is 0 Å². The van der Waals surface area contributed by atoms with Crippen LogP contribution in [0.25, 0.3) is 66.2 Å². The van der Waals surface area contributed by atoms with Crippen LogP contribution in [0.1, 0.15) is 17.5 Å². The van der Waals surface area contributed by atoms with Crippen molar-refractivity contribution in [3.8, 4) is 16.8 Å². The molecular formula is C36H24N2O. The highest BCUT2D eigenvalue weighted by atomic mass is 16.1. The van der Waals surface area contributed by atoms with Crippen molar-refractivity contribution >= 4 is 49.4 Å². The van der Waals surface area contributed by atoms with Gasteiger partial charge in [0.05, 0.1) is 16.4 Å². The Morgan fingerprint density at radius 2 is 1.44 bits per heavy atom. The molecule has 0 saturated carbocycles. The van der Waals surface area contributed by atoms with Gasteiger partial charge in [-0.3, -0.25) is 14.3 Å². The molecule has 2 aromatic heterocycles. The van der Waals surface area contributed by atoms with E-state index in [0.29, 0.717) is 5.39 Å². The molecule has 2 heterocycles. The van der Waals surface area contributed by atoms with E-state index in [4.69, 9.17) is 0 Å². The monoisotopic (exact) mass is 500 g/mol. The van der Waals surface area contributed by atoms with Gasteiger partial charge in [0.2, 0.25) is 0 Å². The number of allylic oxidation sites excluding steroid dienone is 1. The Bertz CT molecular complexity index is 2200. The largest absolute Gasteiger partial charge is 0.276 e. The highest BCUT2D eigenvalue weighted by Gasteiger charge is 2.16. The van der Waals surface area contributed by atoms with Crippen molar-refractivity contribution < 1.29 is 0 Å². The zero-order valence-electron chi connectivity index (χ0n) is 21.3. The van der Waals surface area contributed by atoms with Crippen molar-refractivity contribution in [2.45, 2.75) is 12.8 Å². The number of benzene rings is 5. The first-order valence-corrected chi connectivity index (χ1v) is 13.4. The van der Waals surface area contributed by atoms with E-state index < -0.39 is 0 Å². The molecule has 0 atom stereocenters. The Morgan fingerprint density at radius 1 is 0.641 bits per heavy atom. The standard InChI is InChI=1S/C36H24N2O/c39-36-32-16-8-20-37-35(32)31-15-5-6-17-34(31)38(36)25-10-7-9-23(21-25)24-18-19-30-28-13-2-1-11-26(28)27-12-3-4-14-29(27)33(30)22-24/h2-10,12-22H,1,11H2. The van der Waals surface area contributed by atoms with Crippen molar-refractivity contribution in [3.05, 3.63) is 137 Å². The minimum Gasteiger partial charge on any atom is -0.276 e. The molecule has 7 aromatic rings. The number of aromatic nitrogens is 2. The van der Waals surface area contributed by atoms with Gasteiger partial charge in [0, 0.05) is 17.3 Å². The molecule has 0 saturated heterocycles. The first kappa shape index (κ1) is 22.0. The van der Waals surface area contributed by atoms with Gasteiger partial charge in [0.15, 0.2) is 0 Å². The third-order valence-corrected chi connectivity index (χ3v) is 8.10. The summed E-state index contributed by atoms with van der Waals surface area (Å²) in [7, 11) is 0. The van der Waals surface area contributed by atoms with Crippen molar-refractivity contribution in [1.82, 2.24) is 9.55 Å². The second-order valence-corrected chi connectivity index (χ2v) is 10.2. The van der Waals surface area contributed by atoms with Gasteiger partial charge in [0.25, 0.3) is 5.56 Å². The second-order valence-electron chi connectivity index (χ2n) is 10.2. The summed E-state index contributed by atoms with van der Waals surface area (Å²) in [6.07, 6.45) is 8.49. The van der Waals surface area contributed by atoms with E-state index in [-0.39, 0.29) is 5.56 Å². The average Bonchev–Trinajstić information content (AvgIpc) is 3.01. The summed E-state index contributed by atoms with van der Waals surface area (Å²) in [5.41, 5.74) is 7.39. The average molecular weight is 501 g/mol. The molecule has 0 spiro atoms. The van der Waals surface area contributed by atoms with E-state index in [1.807, 2.05) is 53.1 Å². The summed E-state index contributed by atoms with van der Waals surface area (Å²) >= 11 is 0. The summed E-state index contributed by atoms with van der Waals surface area (Å²) in [4.78, 5) is 18.3. The van der Waals surface area contributed by atoms with E-state index in [0.717, 1.165) is 46.1 Å². The lowest BCUT2D eigenvalue weighted by Crippen LogP contribution is -2.19. The van der Waals surface area contributed by atoms with E-state index in [2.05, 4.69) is 71.7 Å². The minimum atomic E-state index is -0.0585. The van der Waals surface area contributed by atoms with Gasteiger partial charge < -0.3 is 0 Å². The summed E-state index contributed by atoms with van der Waals surface area (Å²) in [5.74, 6) is 0. The molecule has 0 amide bonds. The highest BCUT2D eigenvalue weighted by Crippen LogP contribution is 2.38. The number of aryl methyl sites for hydroxylation is 1. The Hall–Kier alpha value is -5.02. The lowest BCUT2D eigenvalue weighted by Gasteiger charge is -2.19. The zero-order valence-corrected chi connectivity index (χ0v) is 21.3. The molecule has 8 rings (SSSR count). The van der Waals surface area contributed by atoms with Crippen LogP contribution in [0.15, 0.2) is 120 Å². The van der Waals surface area contributed by atoms with Crippen LogP contribution < -0.4 is 5.56 Å². The quantitative estimate of drug-likeness (QED) is 0.223. The summed E-state index contributed by atoms with van der Waals surface area (Å²) in [5, 5.41) is 6.79. The second kappa shape index (κ2) is 8.50. The van der Waals surface area contributed by atoms with Crippen LogP contribution in [-0.2, 0) is 6.42 Å². The van der Waals surface area contributed by atoms with Crippen LogP contribution in [0.2, 0.25) is 0 Å². The topological polar surface area (TPSA) is 34.9 Å². The van der Waals surface area contributed by atoms with Crippen molar-refractivity contribution in [1.29, 1.82) is 0 Å². The maximum atomic E-state index is 13.8. The Kier molecular flexibility index (Phi) is 4.80. The van der Waals surface area contributed by atoms with E-state index in [9.17, 15) is 4.79 Å². The van der Waals surface area contributed by atoms with Crippen LogP contribution in [0.3, 0.4) is 0 Å². The van der Waals surface area contributed by atoms with Gasteiger partial charge >= 0.3 is 0 Å². The molecule has 1 aliphatic rings. The molecule has 0 fully saturated rings. The molecule has 1 aliphatic carbocycles. The smallest absolute Gasteiger partial charge is 0.265 e. The molecular weight excluding hydrogens is 476 g/mol. The first-order valence-electron chi connectivity index (χ1n) is 13.4. The van der Waals surface area contributed by atoms with Gasteiger partial charge in [-0.25, -0.2) is 0 Å². The molecule has 0 N–H and O–H groups in total. The number of hydrogen-bond acceptors (Lipinski definition) is 2. The summed E-state index contributed by atoms with van der Waals surface area (Å²) < 4.78 is 1.82. The first-order chi connectivity index (χ1) is 19.3. The number of fused-ring (bicyclic) bond motifs is 9. The SMILES string of the molecule is O=c1c2cccnc2c2ccccc2n1-c1cccc(-c2ccc3c4c(c5ccccc5c3c2)CCC=C4)c1. The molecule has 0 radical (unpaired) electrons. The van der Waals surface area contributed by atoms with Crippen molar-refractivity contribution in [2.75, 3.05) is 0 Å². The Labute approximate surface area is 225 Å². The van der Waals surface area contributed by atoms with Crippen LogP contribution in [0.4, 0.5) is 0 Å². The van der Waals surface area contributed by atoms with E-state index in [1.54, 1.807) is 6.20 Å². The van der Waals surface area contributed by atoms with Gasteiger partial charge in [-0.1, -0.05) is 78.9 Å². The molecule has 184 valence electrons. The number of hydrogen-bond donors (Lipinski definition) is 0. The summed E-state index contributed by atoms with van der Waals surface area (Å²) in [6.45, 7) is 0. The van der Waals surface area contributed by atoms with Crippen LogP contribution in [0, 0.1) is 0 Å². The van der Waals surface area contributed by atoms with Crippen LogP contribution in [0.5, 0.6) is 0 Å². The Morgan fingerprint density at radius 3 is 2.36 bits per heavy atom. The highest BCUT2D eigenvalue weighted by molar-refractivity contribution is 6.14. The fourth-order valence-electron chi connectivity index (χ4n) is 6.33.